The molecule has 2 aromatic heterocycles. The van der Waals surface area contributed by atoms with Gasteiger partial charge in [0.2, 0.25) is 0 Å². The summed E-state index contributed by atoms with van der Waals surface area (Å²) in [5.41, 5.74) is 1.52. The van der Waals surface area contributed by atoms with Crippen LogP contribution >= 0.6 is 0 Å². The molecule has 1 unspecified atom stereocenters. The number of carbonyl (C=O) groups is 1. The number of amides is 1. The number of likely N-dealkylation sites (tertiary alicyclic amines) is 1. The zero-order valence-corrected chi connectivity index (χ0v) is 10.9. The van der Waals surface area contributed by atoms with E-state index in [1.54, 1.807) is 12.4 Å². The third kappa shape index (κ3) is 2.34. The van der Waals surface area contributed by atoms with Gasteiger partial charge in [-0.2, -0.15) is 0 Å². The summed E-state index contributed by atoms with van der Waals surface area (Å²) in [5.74, 6) is -0.0804. The van der Waals surface area contributed by atoms with E-state index in [2.05, 4.69) is 9.97 Å². The van der Waals surface area contributed by atoms with E-state index in [1.165, 1.54) is 18.5 Å². The molecular formula is C15H15N3O2. The van der Waals surface area contributed by atoms with Crippen molar-refractivity contribution in [1.82, 2.24) is 14.9 Å². The first-order chi connectivity index (χ1) is 9.75. The second kappa shape index (κ2) is 5.28. The Balaban J connectivity index is 1.87. The van der Waals surface area contributed by atoms with Gasteiger partial charge in [0, 0.05) is 25.1 Å². The molecule has 1 aliphatic heterocycles. The number of carbonyl (C=O) groups excluding carboxylic acids is 1. The number of pyridine rings is 2. The van der Waals surface area contributed by atoms with Gasteiger partial charge in [0.05, 0.1) is 17.8 Å². The second-order valence-corrected chi connectivity index (χ2v) is 4.87. The minimum atomic E-state index is -0.0901. The van der Waals surface area contributed by atoms with Crippen molar-refractivity contribution < 1.29 is 9.90 Å². The predicted molar refractivity (Wildman–Crippen MR) is 73.2 cm³/mol. The average Bonchev–Trinajstić information content (AvgIpc) is 2.97. The summed E-state index contributed by atoms with van der Waals surface area (Å²) in [4.78, 5) is 22.3. The molecule has 2 aromatic rings. The Bertz CT molecular complexity index is 616. The third-order valence-corrected chi connectivity index (χ3v) is 3.58. The van der Waals surface area contributed by atoms with Crippen LogP contribution in [0.2, 0.25) is 0 Å². The van der Waals surface area contributed by atoms with Crippen LogP contribution in [0.3, 0.4) is 0 Å². The van der Waals surface area contributed by atoms with Crippen LogP contribution in [-0.4, -0.2) is 32.4 Å². The van der Waals surface area contributed by atoms with Crippen LogP contribution in [-0.2, 0) is 0 Å². The lowest BCUT2D eigenvalue weighted by Crippen LogP contribution is -2.30. The van der Waals surface area contributed by atoms with Crippen LogP contribution < -0.4 is 0 Å². The van der Waals surface area contributed by atoms with Crippen LogP contribution in [0.5, 0.6) is 5.75 Å². The van der Waals surface area contributed by atoms with E-state index in [4.69, 9.17) is 0 Å². The highest BCUT2D eigenvalue weighted by atomic mass is 16.3. The third-order valence-electron chi connectivity index (χ3n) is 3.58. The van der Waals surface area contributed by atoms with Crippen molar-refractivity contribution in [3.63, 3.8) is 0 Å². The van der Waals surface area contributed by atoms with E-state index >= 15 is 0 Å². The average molecular weight is 269 g/mol. The molecule has 3 rings (SSSR count). The fraction of sp³-hybridized carbons (Fsp3) is 0.267. The van der Waals surface area contributed by atoms with E-state index in [0.29, 0.717) is 5.56 Å². The maximum absolute atomic E-state index is 12.5. The Morgan fingerprint density at radius 3 is 2.80 bits per heavy atom. The summed E-state index contributed by atoms with van der Waals surface area (Å²) in [5, 5.41) is 9.45. The molecule has 0 saturated carbocycles. The molecule has 5 heteroatoms. The molecule has 102 valence electrons. The van der Waals surface area contributed by atoms with Crippen molar-refractivity contribution in [3.8, 4) is 5.75 Å². The second-order valence-electron chi connectivity index (χ2n) is 4.87. The fourth-order valence-electron chi connectivity index (χ4n) is 2.65. The number of nitrogens with zero attached hydrogens (tertiary/aromatic N) is 3. The van der Waals surface area contributed by atoms with Crippen LogP contribution in [0.4, 0.5) is 0 Å². The zero-order valence-electron chi connectivity index (χ0n) is 10.9. The lowest BCUT2D eigenvalue weighted by molar-refractivity contribution is 0.0734. The SMILES string of the molecule is O=C(c1cncc(O)c1)N1CCCC1c1ccncc1. The molecule has 0 aliphatic carbocycles. The number of aromatic nitrogens is 2. The Morgan fingerprint density at radius 1 is 1.25 bits per heavy atom. The Kier molecular flexibility index (Phi) is 3.33. The summed E-state index contributed by atoms with van der Waals surface area (Å²) in [6, 6.07) is 5.42. The van der Waals surface area contributed by atoms with Gasteiger partial charge in [-0.15, -0.1) is 0 Å². The predicted octanol–water partition coefficient (Wildman–Crippen LogP) is 2.16. The van der Waals surface area contributed by atoms with Crippen LogP contribution in [0.15, 0.2) is 43.0 Å². The van der Waals surface area contributed by atoms with Gasteiger partial charge in [0.15, 0.2) is 0 Å². The molecule has 0 bridgehead atoms. The van der Waals surface area contributed by atoms with E-state index in [0.717, 1.165) is 24.9 Å². The molecular weight excluding hydrogens is 254 g/mol. The van der Waals surface area contributed by atoms with Crippen LogP contribution in [0.1, 0.15) is 34.8 Å². The van der Waals surface area contributed by atoms with E-state index < -0.39 is 0 Å². The molecule has 1 saturated heterocycles. The van der Waals surface area contributed by atoms with Crippen molar-refractivity contribution in [2.45, 2.75) is 18.9 Å². The Labute approximate surface area is 116 Å². The maximum Gasteiger partial charge on any atom is 0.256 e. The maximum atomic E-state index is 12.5. The van der Waals surface area contributed by atoms with Crippen LogP contribution in [0.25, 0.3) is 0 Å². The molecule has 1 aliphatic rings. The summed E-state index contributed by atoms with van der Waals surface area (Å²) >= 11 is 0. The van der Waals surface area contributed by atoms with Gasteiger partial charge < -0.3 is 10.0 Å². The first-order valence-electron chi connectivity index (χ1n) is 6.60. The first-order valence-corrected chi connectivity index (χ1v) is 6.60. The first kappa shape index (κ1) is 12.6. The van der Waals surface area contributed by atoms with E-state index in [9.17, 15) is 9.90 Å². The highest BCUT2D eigenvalue weighted by molar-refractivity contribution is 5.94. The molecule has 1 N–H and O–H groups in total. The topological polar surface area (TPSA) is 66.3 Å². The molecule has 5 nitrogen and oxygen atoms in total. The molecule has 1 amide bonds. The smallest absolute Gasteiger partial charge is 0.256 e. The molecule has 0 spiro atoms. The van der Waals surface area contributed by atoms with Gasteiger partial charge in [-0.1, -0.05) is 0 Å². The van der Waals surface area contributed by atoms with E-state index in [-0.39, 0.29) is 17.7 Å². The summed E-state index contributed by atoms with van der Waals surface area (Å²) < 4.78 is 0. The normalized spacial score (nSPS) is 18.2. The highest BCUT2D eigenvalue weighted by Crippen LogP contribution is 2.32. The summed E-state index contributed by atoms with van der Waals surface area (Å²) in [7, 11) is 0. The van der Waals surface area contributed by atoms with Crippen molar-refractivity contribution in [2.24, 2.45) is 0 Å². The molecule has 0 radical (unpaired) electrons. The minimum absolute atomic E-state index is 0.00973. The summed E-state index contributed by atoms with van der Waals surface area (Å²) in [6.07, 6.45) is 8.22. The largest absolute Gasteiger partial charge is 0.506 e. The standard InChI is InChI=1S/C15H15N3O2/c19-13-8-12(9-17-10-13)15(20)18-7-1-2-14(18)11-3-5-16-6-4-11/h3-6,8-10,14,19H,1-2,7H2. The molecule has 20 heavy (non-hydrogen) atoms. The highest BCUT2D eigenvalue weighted by Gasteiger charge is 2.30. The molecule has 3 heterocycles. The number of aromatic hydroxyl groups is 1. The van der Waals surface area contributed by atoms with Crippen molar-refractivity contribution >= 4 is 5.91 Å². The Morgan fingerprint density at radius 2 is 2.05 bits per heavy atom. The van der Waals surface area contributed by atoms with Crippen molar-refractivity contribution in [1.29, 1.82) is 0 Å². The van der Waals surface area contributed by atoms with Gasteiger partial charge in [-0.3, -0.25) is 14.8 Å². The lowest BCUT2D eigenvalue weighted by Gasteiger charge is -2.25. The molecule has 1 atom stereocenters. The van der Waals surface area contributed by atoms with Gasteiger partial charge in [0.1, 0.15) is 5.75 Å². The zero-order chi connectivity index (χ0) is 13.9. The number of hydrogen-bond acceptors (Lipinski definition) is 4. The van der Waals surface area contributed by atoms with E-state index in [1.807, 2.05) is 17.0 Å². The van der Waals surface area contributed by atoms with Gasteiger partial charge in [-0.25, -0.2) is 0 Å². The monoisotopic (exact) mass is 269 g/mol. The quantitative estimate of drug-likeness (QED) is 0.907. The number of rotatable bonds is 2. The van der Waals surface area contributed by atoms with Crippen LogP contribution in [0, 0.1) is 0 Å². The minimum Gasteiger partial charge on any atom is -0.506 e. The van der Waals surface area contributed by atoms with Gasteiger partial charge in [-0.05, 0) is 36.6 Å². The molecule has 1 fully saturated rings. The van der Waals surface area contributed by atoms with Gasteiger partial charge in [0.25, 0.3) is 5.91 Å². The van der Waals surface area contributed by atoms with Gasteiger partial charge >= 0.3 is 0 Å². The van der Waals surface area contributed by atoms with Crippen molar-refractivity contribution in [2.75, 3.05) is 6.54 Å². The lowest BCUT2D eigenvalue weighted by atomic mass is 10.1. The Hall–Kier alpha value is -2.43. The fourth-order valence-corrected chi connectivity index (χ4v) is 2.65. The van der Waals surface area contributed by atoms with Crippen molar-refractivity contribution in [3.05, 3.63) is 54.1 Å². The number of hydrogen-bond donors (Lipinski definition) is 1. The summed E-state index contributed by atoms with van der Waals surface area (Å²) in [6.45, 7) is 0.724. The molecule has 0 aromatic carbocycles.